The second-order valence-electron chi connectivity index (χ2n) is 5.75. The van der Waals surface area contributed by atoms with E-state index in [1.54, 1.807) is 0 Å². The normalized spacial score (nSPS) is 18.6. The monoisotopic (exact) mass is 286 g/mol. The van der Waals surface area contributed by atoms with Crippen molar-refractivity contribution in [3.05, 3.63) is 35.5 Å². The predicted octanol–water partition coefficient (Wildman–Crippen LogP) is 2.26. The smallest absolute Gasteiger partial charge is 0.227 e. The number of carbonyl (C=O) groups excluding carboxylic acids is 1. The lowest BCUT2D eigenvalue weighted by molar-refractivity contribution is -0.131. The lowest BCUT2D eigenvalue weighted by atomic mass is 10.0. The van der Waals surface area contributed by atoms with Crippen molar-refractivity contribution in [1.82, 2.24) is 9.88 Å². The molecule has 0 spiro atoms. The first kappa shape index (κ1) is 14.1. The van der Waals surface area contributed by atoms with Crippen LogP contribution in [0.4, 0.5) is 0 Å². The second-order valence-corrected chi connectivity index (χ2v) is 5.75. The highest BCUT2D eigenvalue weighted by Gasteiger charge is 2.28. The average Bonchev–Trinajstić information content (AvgIpc) is 3.13. The molecule has 3 rings (SSSR count). The van der Waals surface area contributed by atoms with E-state index in [1.807, 2.05) is 11.1 Å². The summed E-state index contributed by atoms with van der Waals surface area (Å²) in [5, 5.41) is 10.5. The van der Waals surface area contributed by atoms with Crippen molar-refractivity contribution in [2.24, 2.45) is 0 Å². The highest BCUT2D eigenvalue weighted by atomic mass is 16.3. The Morgan fingerprint density at radius 2 is 2.29 bits per heavy atom. The van der Waals surface area contributed by atoms with Crippen LogP contribution in [0.5, 0.6) is 0 Å². The molecule has 2 heterocycles. The summed E-state index contributed by atoms with van der Waals surface area (Å²) < 4.78 is 0. The molecular weight excluding hydrogens is 264 g/mol. The molecule has 21 heavy (non-hydrogen) atoms. The van der Waals surface area contributed by atoms with Gasteiger partial charge in [-0.1, -0.05) is 25.1 Å². The number of para-hydroxylation sites is 1. The van der Waals surface area contributed by atoms with Gasteiger partial charge in [0.15, 0.2) is 0 Å². The summed E-state index contributed by atoms with van der Waals surface area (Å²) in [6, 6.07) is 6.25. The van der Waals surface area contributed by atoms with Crippen molar-refractivity contribution in [3.63, 3.8) is 0 Å². The quantitative estimate of drug-likeness (QED) is 0.906. The fraction of sp³-hybridized carbons (Fsp3) is 0.471. The van der Waals surface area contributed by atoms with Gasteiger partial charge in [-0.25, -0.2) is 0 Å². The maximum atomic E-state index is 12.5. The summed E-state index contributed by atoms with van der Waals surface area (Å²) >= 11 is 0. The molecule has 2 aromatic rings. The van der Waals surface area contributed by atoms with Gasteiger partial charge in [0.25, 0.3) is 0 Å². The van der Waals surface area contributed by atoms with E-state index < -0.39 is 0 Å². The summed E-state index contributed by atoms with van der Waals surface area (Å²) in [6.07, 6.45) is 5.24. The second kappa shape index (κ2) is 5.90. The van der Waals surface area contributed by atoms with Crippen molar-refractivity contribution in [3.8, 4) is 0 Å². The third kappa shape index (κ3) is 2.56. The number of aromatic amines is 1. The lowest BCUT2D eigenvalue weighted by Crippen LogP contribution is -2.38. The van der Waals surface area contributed by atoms with Crippen molar-refractivity contribution in [2.75, 3.05) is 13.2 Å². The van der Waals surface area contributed by atoms with Crippen LogP contribution in [0.2, 0.25) is 0 Å². The van der Waals surface area contributed by atoms with Crippen LogP contribution in [0.1, 0.15) is 30.9 Å². The Balaban J connectivity index is 1.83. The number of likely N-dealkylation sites (tertiary alicyclic amines) is 1. The largest absolute Gasteiger partial charge is 0.394 e. The number of H-pyrrole nitrogens is 1. The molecule has 1 aliphatic rings. The molecule has 0 bridgehead atoms. The van der Waals surface area contributed by atoms with E-state index in [1.165, 1.54) is 5.56 Å². The molecule has 0 radical (unpaired) electrons. The van der Waals surface area contributed by atoms with Gasteiger partial charge in [0, 0.05) is 23.6 Å². The minimum Gasteiger partial charge on any atom is -0.394 e. The van der Waals surface area contributed by atoms with E-state index >= 15 is 0 Å². The van der Waals surface area contributed by atoms with E-state index in [2.05, 4.69) is 30.1 Å². The number of aliphatic hydroxyl groups is 1. The summed E-state index contributed by atoms with van der Waals surface area (Å²) in [6.45, 7) is 2.97. The molecular formula is C17H22N2O2. The van der Waals surface area contributed by atoms with Crippen LogP contribution in [0, 0.1) is 0 Å². The molecule has 1 aromatic heterocycles. The van der Waals surface area contributed by atoms with Crippen molar-refractivity contribution >= 4 is 16.8 Å². The first-order valence-corrected chi connectivity index (χ1v) is 7.72. The standard InChI is InChI=1S/C17H22N2O2/c1-2-12-5-3-7-15-13(10-18-17(12)15)9-16(21)19-8-4-6-14(19)11-20/h3,5,7,10,14,18,20H,2,4,6,8-9,11H2,1H3/t14-/m1/s1. The van der Waals surface area contributed by atoms with Gasteiger partial charge in [-0.3, -0.25) is 4.79 Å². The van der Waals surface area contributed by atoms with Crippen molar-refractivity contribution < 1.29 is 9.90 Å². The number of nitrogens with zero attached hydrogens (tertiary/aromatic N) is 1. The number of hydrogen-bond acceptors (Lipinski definition) is 2. The van der Waals surface area contributed by atoms with Crippen LogP contribution in [0.25, 0.3) is 10.9 Å². The number of carbonyl (C=O) groups is 1. The molecule has 2 N–H and O–H groups in total. The van der Waals surface area contributed by atoms with Crippen LogP contribution >= 0.6 is 0 Å². The summed E-state index contributed by atoms with van der Waals surface area (Å²) in [5.41, 5.74) is 3.47. The van der Waals surface area contributed by atoms with Gasteiger partial charge in [-0.2, -0.15) is 0 Å². The zero-order valence-electron chi connectivity index (χ0n) is 12.4. The number of rotatable bonds is 4. The van der Waals surface area contributed by atoms with Crippen LogP contribution in [0.3, 0.4) is 0 Å². The van der Waals surface area contributed by atoms with E-state index in [0.717, 1.165) is 42.3 Å². The molecule has 1 fully saturated rings. The van der Waals surface area contributed by atoms with Crippen molar-refractivity contribution in [1.29, 1.82) is 0 Å². The SMILES string of the molecule is CCc1cccc2c(CC(=O)N3CCC[C@@H]3CO)c[nH]c12. The van der Waals surface area contributed by atoms with Gasteiger partial charge in [0.05, 0.1) is 19.1 Å². The van der Waals surface area contributed by atoms with Crippen LogP contribution in [-0.4, -0.2) is 40.1 Å². The molecule has 1 atom stereocenters. The van der Waals surface area contributed by atoms with E-state index in [0.29, 0.717) is 6.42 Å². The third-order valence-corrected chi connectivity index (χ3v) is 4.52. The van der Waals surface area contributed by atoms with Gasteiger partial charge in [0.1, 0.15) is 0 Å². The number of aliphatic hydroxyl groups excluding tert-OH is 1. The Kier molecular flexibility index (Phi) is 3.97. The topological polar surface area (TPSA) is 56.3 Å². The highest BCUT2D eigenvalue weighted by molar-refractivity contribution is 5.90. The van der Waals surface area contributed by atoms with E-state index in [9.17, 15) is 9.90 Å². The molecule has 4 nitrogen and oxygen atoms in total. The molecule has 1 amide bonds. The van der Waals surface area contributed by atoms with Gasteiger partial charge >= 0.3 is 0 Å². The van der Waals surface area contributed by atoms with E-state index in [4.69, 9.17) is 0 Å². The molecule has 1 aromatic carbocycles. The number of hydrogen-bond donors (Lipinski definition) is 2. The average molecular weight is 286 g/mol. The summed E-state index contributed by atoms with van der Waals surface area (Å²) in [5.74, 6) is 0.120. The van der Waals surface area contributed by atoms with Crippen LogP contribution < -0.4 is 0 Å². The Morgan fingerprint density at radius 3 is 3.05 bits per heavy atom. The molecule has 0 aliphatic carbocycles. The summed E-state index contributed by atoms with van der Waals surface area (Å²) in [4.78, 5) is 17.6. The van der Waals surface area contributed by atoms with Crippen LogP contribution in [0.15, 0.2) is 24.4 Å². The van der Waals surface area contributed by atoms with Gasteiger partial charge in [0.2, 0.25) is 5.91 Å². The Morgan fingerprint density at radius 1 is 1.43 bits per heavy atom. The molecule has 112 valence electrons. The number of aryl methyl sites for hydroxylation is 1. The maximum absolute atomic E-state index is 12.5. The Labute approximate surface area is 124 Å². The first-order chi connectivity index (χ1) is 10.2. The van der Waals surface area contributed by atoms with Crippen molar-refractivity contribution in [2.45, 2.75) is 38.6 Å². The minimum atomic E-state index is 0.00825. The Hall–Kier alpha value is -1.81. The van der Waals surface area contributed by atoms with Gasteiger partial charge in [-0.05, 0) is 30.4 Å². The highest BCUT2D eigenvalue weighted by Crippen LogP contribution is 2.24. The Bertz CT molecular complexity index is 647. The number of nitrogens with one attached hydrogen (secondary N) is 1. The maximum Gasteiger partial charge on any atom is 0.227 e. The van der Waals surface area contributed by atoms with Gasteiger partial charge in [-0.15, -0.1) is 0 Å². The minimum absolute atomic E-state index is 0.00825. The number of benzene rings is 1. The number of amides is 1. The predicted molar refractivity (Wildman–Crippen MR) is 83.2 cm³/mol. The van der Waals surface area contributed by atoms with E-state index in [-0.39, 0.29) is 18.6 Å². The molecule has 0 unspecified atom stereocenters. The fourth-order valence-corrected chi connectivity index (χ4v) is 3.33. The third-order valence-electron chi connectivity index (χ3n) is 4.52. The molecule has 0 saturated carbocycles. The number of aromatic nitrogens is 1. The number of fused-ring (bicyclic) bond motifs is 1. The van der Waals surface area contributed by atoms with Gasteiger partial charge < -0.3 is 15.0 Å². The lowest BCUT2D eigenvalue weighted by Gasteiger charge is -2.22. The zero-order chi connectivity index (χ0) is 14.8. The summed E-state index contributed by atoms with van der Waals surface area (Å²) in [7, 11) is 0. The zero-order valence-corrected chi connectivity index (χ0v) is 12.4. The fourth-order valence-electron chi connectivity index (χ4n) is 3.33. The molecule has 1 saturated heterocycles. The molecule has 4 heteroatoms. The van der Waals surface area contributed by atoms with Crippen LogP contribution in [-0.2, 0) is 17.6 Å². The molecule has 1 aliphatic heterocycles. The first-order valence-electron chi connectivity index (χ1n) is 7.72.